The molecule has 3 heterocycles. The first kappa shape index (κ1) is 13.1. The molecular formula is C16H24N2O. The fourth-order valence-corrected chi connectivity index (χ4v) is 3.55. The molecule has 1 unspecified atom stereocenters. The smallest absolute Gasteiger partial charge is 0.0480 e. The van der Waals surface area contributed by atoms with E-state index in [1.54, 1.807) is 0 Å². The molecule has 104 valence electrons. The summed E-state index contributed by atoms with van der Waals surface area (Å²) < 4.78 is 5.49. The Morgan fingerprint density at radius 2 is 1.95 bits per heavy atom. The van der Waals surface area contributed by atoms with E-state index in [1.807, 2.05) is 12.4 Å². The molecular weight excluding hydrogens is 236 g/mol. The number of pyridine rings is 1. The Morgan fingerprint density at radius 1 is 1.16 bits per heavy atom. The second kappa shape index (κ2) is 6.49. The molecule has 0 aromatic carbocycles. The van der Waals surface area contributed by atoms with Gasteiger partial charge in [0.15, 0.2) is 0 Å². The maximum Gasteiger partial charge on any atom is 0.0480 e. The maximum absolute atomic E-state index is 5.49. The number of likely N-dealkylation sites (tertiary alicyclic amines) is 1. The molecule has 19 heavy (non-hydrogen) atoms. The molecule has 2 aliphatic rings. The Bertz CT molecular complexity index is 376. The van der Waals surface area contributed by atoms with Gasteiger partial charge >= 0.3 is 0 Å². The van der Waals surface area contributed by atoms with E-state index in [4.69, 9.17) is 4.74 Å². The van der Waals surface area contributed by atoms with Crippen molar-refractivity contribution in [2.75, 3.05) is 19.8 Å². The quantitative estimate of drug-likeness (QED) is 0.832. The van der Waals surface area contributed by atoms with Gasteiger partial charge in [0, 0.05) is 37.7 Å². The van der Waals surface area contributed by atoms with Crippen LogP contribution in [0.5, 0.6) is 0 Å². The fourth-order valence-electron chi connectivity index (χ4n) is 3.55. The average Bonchev–Trinajstić information content (AvgIpc) is 2.95. The van der Waals surface area contributed by atoms with Crippen molar-refractivity contribution >= 4 is 0 Å². The molecule has 0 aliphatic carbocycles. The third-order valence-corrected chi connectivity index (χ3v) is 4.60. The van der Waals surface area contributed by atoms with E-state index in [9.17, 15) is 0 Å². The number of rotatable bonds is 4. The highest BCUT2D eigenvalue weighted by atomic mass is 16.5. The zero-order valence-corrected chi connectivity index (χ0v) is 11.6. The summed E-state index contributed by atoms with van der Waals surface area (Å²) in [4.78, 5) is 6.86. The second-order valence-corrected chi connectivity index (χ2v) is 5.77. The number of aryl methyl sites for hydroxylation is 1. The Labute approximate surface area is 116 Å². The minimum absolute atomic E-state index is 0.777. The molecule has 3 rings (SSSR count). The van der Waals surface area contributed by atoms with Crippen molar-refractivity contribution in [2.45, 2.75) is 50.6 Å². The lowest BCUT2D eigenvalue weighted by Crippen LogP contribution is -2.42. The van der Waals surface area contributed by atoms with Gasteiger partial charge in [0.25, 0.3) is 0 Å². The summed E-state index contributed by atoms with van der Waals surface area (Å²) in [7, 11) is 0. The molecule has 0 N–H and O–H groups in total. The Morgan fingerprint density at radius 3 is 2.74 bits per heavy atom. The van der Waals surface area contributed by atoms with E-state index in [1.165, 1.54) is 50.6 Å². The molecule has 1 aromatic rings. The van der Waals surface area contributed by atoms with Crippen molar-refractivity contribution in [1.29, 1.82) is 0 Å². The monoisotopic (exact) mass is 260 g/mol. The zero-order chi connectivity index (χ0) is 12.9. The van der Waals surface area contributed by atoms with Gasteiger partial charge in [-0.2, -0.15) is 0 Å². The minimum atomic E-state index is 0.777. The van der Waals surface area contributed by atoms with Gasteiger partial charge in [0.2, 0.25) is 0 Å². The van der Waals surface area contributed by atoms with Gasteiger partial charge in [0.05, 0.1) is 0 Å². The van der Waals surface area contributed by atoms with Crippen LogP contribution in [0.3, 0.4) is 0 Å². The fraction of sp³-hybridized carbons (Fsp3) is 0.688. The Balaban J connectivity index is 1.54. The molecule has 0 spiro atoms. The van der Waals surface area contributed by atoms with E-state index < -0.39 is 0 Å². The van der Waals surface area contributed by atoms with Crippen molar-refractivity contribution in [1.82, 2.24) is 9.88 Å². The van der Waals surface area contributed by atoms with Crippen LogP contribution in [0.4, 0.5) is 0 Å². The van der Waals surface area contributed by atoms with E-state index >= 15 is 0 Å². The highest BCUT2D eigenvalue weighted by Gasteiger charge is 2.31. The van der Waals surface area contributed by atoms with Crippen LogP contribution < -0.4 is 0 Å². The third kappa shape index (κ3) is 3.34. The molecule has 0 radical (unpaired) electrons. The summed E-state index contributed by atoms with van der Waals surface area (Å²) in [6.07, 6.45) is 11.5. The van der Waals surface area contributed by atoms with Crippen LogP contribution in [0.2, 0.25) is 0 Å². The summed E-state index contributed by atoms with van der Waals surface area (Å²) in [5.41, 5.74) is 1.42. The van der Waals surface area contributed by atoms with Crippen molar-refractivity contribution in [3.8, 4) is 0 Å². The molecule has 0 saturated carbocycles. The Hall–Kier alpha value is -0.930. The number of aromatic nitrogens is 1. The van der Waals surface area contributed by atoms with Crippen molar-refractivity contribution in [3.63, 3.8) is 0 Å². The van der Waals surface area contributed by atoms with E-state index in [0.717, 1.165) is 25.3 Å². The van der Waals surface area contributed by atoms with Crippen molar-refractivity contribution < 1.29 is 4.74 Å². The highest BCUT2D eigenvalue weighted by Crippen LogP contribution is 2.27. The highest BCUT2D eigenvalue weighted by molar-refractivity contribution is 5.10. The maximum atomic E-state index is 5.49. The molecule has 0 bridgehead atoms. The normalized spacial score (nSPS) is 25.8. The standard InChI is InChI=1S/C16H24N2O/c1-2-15(4-3-14-5-9-17-10-6-14)18(11-1)16-7-12-19-13-8-16/h5-6,9-10,15-16H,1-4,7-8,11-13H2. The van der Waals surface area contributed by atoms with Gasteiger partial charge in [-0.15, -0.1) is 0 Å². The summed E-state index contributed by atoms with van der Waals surface area (Å²) in [6.45, 7) is 3.21. The van der Waals surface area contributed by atoms with Crippen LogP contribution in [0, 0.1) is 0 Å². The molecule has 2 fully saturated rings. The van der Waals surface area contributed by atoms with Gasteiger partial charge in [-0.1, -0.05) is 0 Å². The van der Waals surface area contributed by atoms with Crippen LogP contribution >= 0.6 is 0 Å². The predicted octanol–water partition coefficient (Wildman–Crippen LogP) is 2.66. The Kier molecular flexibility index (Phi) is 4.46. The van der Waals surface area contributed by atoms with Crippen LogP contribution in [0.15, 0.2) is 24.5 Å². The third-order valence-electron chi connectivity index (χ3n) is 4.60. The lowest BCUT2D eigenvalue weighted by molar-refractivity contribution is 0.0282. The summed E-state index contributed by atoms with van der Waals surface area (Å²) >= 11 is 0. The van der Waals surface area contributed by atoms with E-state index in [0.29, 0.717) is 0 Å². The number of nitrogens with zero attached hydrogens (tertiary/aromatic N) is 2. The second-order valence-electron chi connectivity index (χ2n) is 5.77. The first-order valence-corrected chi connectivity index (χ1v) is 7.66. The van der Waals surface area contributed by atoms with Gasteiger partial charge in [-0.05, 0) is 62.8 Å². The molecule has 3 nitrogen and oxygen atoms in total. The van der Waals surface area contributed by atoms with Gasteiger partial charge in [-0.3, -0.25) is 9.88 Å². The number of hydrogen-bond acceptors (Lipinski definition) is 3. The largest absolute Gasteiger partial charge is 0.381 e. The number of ether oxygens (including phenoxy) is 1. The van der Waals surface area contributed by atoms with E-state index in [2.05, 4.69) is 22.0 Å². The summed E-state index contributed by atoms with van der Waals surface area (Å²) in [5.74, 6) is 0. The van der Waals surface area contributed by atoms with Crippen LogP contribution in [0.1, 0.15) is 37.7 Å². The SMILES string of the molecule is c1cc(CCC2CCCN2C2CCOCC2)ccn1. The molecule has 2 aliphatic heterocycles. The van der Waals surface area contributed by atoms with Crippen LogP contribution in [0.25, 0.3) is 0 Å². The average molecular weight is 260 g/mol. The summed E-state index contributed by atoms with van der Waals surface area (Å²) in [5, 5.41) is 0. The van der Waals surface area contributed by atoms with Gasteiger partial charge in [0.1, 0.15) is 0 Å². The predicted molar refractivity (Wildman–Crippen MR) is 76.1 cm³/mol. The van der Waals surface area contributed by atoms with Crippen LogP contribution in [-0.4, -0.2) is 41.7 Å². The first-order valence-electron chi connectivity index (χ1n) is 7.66. The lowest BCUT2D eigenvalue weighted by Gasteiger charge is -2.35. The molecule has 3 heteroatoms. The molecule has 2 saturated heterocycles. The molecule has 1 atom stereocenters. The topological polar surface area (TPSA) is 25.4 Å². The minimum Gasteiger partial charge on any atom is -0.381 e. The van der Waals surface area contributed by atoms with Crippen molar-refractivity contribution in [2.24, 2.45) is 0 Å². The molecule has 0 amide bonds. The van der Waals surface area contributed by atoms with Gasteiger partial charge in [-0.25, -0.2) is 0 Å². The summed E-state index contributed by atoms with van der Waals surface area (Å²) in [6, 6.07) is 5.86. The molecule has 1 aromatic heterocycles. The lowest BCUT2D eigenvalue weighted by atomic mass is 10.0. The van der Waals surface area contributed by atoms with Crippen LogP contribution in [-0.2, 0) is 11.2 Å². The first-order chi connectivity index (χ1) is 9.43. The van der Waals surface area contributed by atoms with E-state index in [-0.39, 0.29) is 0 Å². The zero-order valence-electron chi connectivity index (χ0n) is 11.6. The van der Waals surface area contributed by atoms with Crippen molar-refractivity contribution in [3.05, 3.63) is 30.1 Å². The number of hydrogen-bond donors (Lipinski definition) is 0. The van der Waals surface area contributed by atoms with Gasteiger partial charge < -0.3 is 4.74 Å².